The van der Waals surface area contributed by atoms with Gasteiger partial charge in [-0.2, -0.15) is 5.26 Å². The molecule has 0 bridgehead atoms. The van der Waals surface area contributed by atoms with Crippen molar-refractivity contribution in [2.75, 3.05) is 60.5 Å². The van der Waals surface area contributed by atoms with Crippen LogP contribution in [0.5, 0.6) is 0 Å². The third-order valence-corrected chi connectivity index (χ3v) is 7.68. The quantitative estimate of drug-likeness (QED) is 0.517. The van der Waals surface area contributed by atoms with Gasteiger partial charge in [0.1, 0.15) is 17.7 Å². The van der Waals surface area contributed by atoms with Gasteiger partial charge in [0.2, 0.25) is 0 Å². The average molecular weight is 513 g/mol. The molecule has 38 heavy (non-hydrogen) atoms. The van der Waals surface area contributed by atoms with Crippen molar-refractivity contribution in [2.24, 2.45) is 0 Å². The predicted octanol–water partition coefficient (Wildman–Crippen LogP) is 4.39. The molecule has 0 aliphatic carbocycles. The lowest BCUT2D eigenvalue weighted by Crippen LogP contribution is -2.54. The second-order valence-electron chi connectivity index (χ2n) is 10.2. The summed E-state index contributed by atoms with van der Waals surface area (Å²) in [4.78, 5) is 26.6. The molecule has 2 fully saturated rings. The molecule has 7 nitrogen and oxygen atoms in total. The van der Waals surface area contributed by atoms with Crippen molar-refractivity contribution in [3.05, 3.63) is 82.8 Å². The molecular weight excluding hydrogens is 479 g/mol. The number of piperazine rings is 2. The first-order valence-corrected chi connectivity index (χ1v) is 13.1. The van der Waals surface area contributed by atoms with E-state index in [1.54, 1.807) is 6.07 Å². The van der Waals surface area contributed by atoms with E-state index >= 15 is 0 Å². The number of nitrogens with zero attached hydrogens (tertiary/aromatic N) is 6. The van der Waals surface area contributed by atoms with Gasteiger partial charge < -0.3 is 19.6 Å². The van der Waals surface area contributed by atoms with Crippen molar-refractivity contribution in [3.8, 4) is 6.07 Å². The Bertz CT molecular complexity index is 1360. The number of amides is 1. The van der Waals surface area contributed by atoms with Crippen LogP contribution >= 0.6 is 0 Å². The van der Waals surface area contributed by atoms with Crippen LogP contribution in [0.3, 0.4) is 0 Å². The number of carbonyl (C=O) groups excluding carboxylic acids is 1. The van der Waals surface area contributed by atoms with Crippen LogP contribution in [0.1, 0.15) is 34.0 Å². The second-order valence-corrected chi connectivity index (χ2v) is 10.2. The van der Waals surface area contributed by atoms with Gasteiger partial charge in [-0.25, -0.2) is 9.37 Å². The number of pyridine rings is 1. The van der Waals surface area contributed by atoms with Crippen LogP contribution in [-0.2, 0) is 0 Å². The lowest BCUT2D eigenvalue weighted by molar-refractivity contribution is 0.0673. The van der Waals surface area contributed by atoms with Gasteiger partial charge in [0.05, 0.1) is 17.4 Å². The predicted molar refractivity (Wildman–Crippen MR) is 148 cm³/mol. The molecule has 1 amide bonds. The number of carbonyl (C=O) groups is 1. The number of para-hydroxylation sites is 1. The fraction of sp³-hybridized carbons (Fsp3) is 0.367. The summed E-state index contributed by atoms with van der Waals surface area (Å²) in [5.41, 5.74) is 5.65. The minimum atomic E-state index is -0.352. The summed E-state index contributed by atoms with van der Waals surface area (Å²) < 4.78 is 13.3. The van der Waals surface area contributed by atoms with Crippen molar-refractivity contribution in [1.29, 1.82) is 5.26 Å². The molecule has 1 aromatic heterocycles. The Hall–Kier alpha value is -4.12. The summed E-state index contributed by atoms with van der Waals surface area (Å²) in [5, 5.41) is 9.49. The average Bonchev–Trinajstić information content (AvgIpc) is 2.93. The first kappa shape index (κ1) is 25.5. The monoisotopic (exact) mass is 512 g/mol. The van der Waals surface area contributed by atoms with E-state index < -0.39 is 0 Å². The van der Waals surface area contributed by atoms with E-state index in [9.17, 15) is 14.4 Å². The number of aromatic nitrogens is 1. The molecule has 196 valence electrons. The van der Waals surface area contributed by atoms with E-state index in [0.29, 0.717) is 25.2 Å². The first-order valence-electron chi connectivity index (χ1n) is 13.1. The molecule has 0 saturated carbocycles. The summed E-state index contributed by atoms with van der Waals surface area (Å²) in [7, 11) is 0. The maximum atomic E-state index is 13.8. The SMILES string of the molecule is Cc1cc(C)c(N2CCN(c3ccccc3C#N)CC2)cc1C(=O)N1CCN(c2ccc(F)cn2)C[C@H]1C. The Labute approximate surface area is 223 Å². The number of hydrogen-bond acceptors (Lipinski definition) is 6. The Morgan fingerprint density at radius 3 is 2.26 bits per heavy atom. The molecule has 2 saturated heterocycles. The summed E-state index contributed by atoms with van der Waals surface area (Å²) in [6.07, 6.45) is 1.23. The van der Waals surface area contributed by atoms with Crippen LogP contribution in [0, 0.1) is 31.0 Å². The molecule has 3 heterocycles. The highest BCUT2D eigenvalue weighted by Crippen LogP contribution is 2.29. The normalized spacial score (nSPS) is 17.9. The topological polar surface area (TPSA) is 66.7 Å². The van der Waals surface area contributed by atoms with Gasteiger partial charge in [0.15, 0.2) is 0 Å². The van der Waals surface area contributed by atoms with Crippen LogP contribution in [0.4, 0.5) is 21.6 Å². The van der Waals surface area contributed by atoms with E-state index in [4.69, 9.17) is 0 Å². The van der Waals surface area contributed by atoms with E-state index in [1.165, 1.54) is 12.3 Å². The fourth-order valence-electron chi connectivity index (χ4n) is 5.62. The Balaban J connectivity index is 1.30. The van der Waals surface area contributed by atoms with Crippen LogP contribution in [-0.4, -0.2) is 67.6 Å². The molecule has 8 heteroatoms. The number of rotatable bonds is 4. The number of benzene rings is 2. The van der Waals surface area contributed by atoms with Gasteiger partial charge in [0.25, 0.3) is 5.91 Å². The molecule has 2 aliphatic rings. The van der Waals surface area contributed by atoms with E-state index in [-0.39, 0.29) is 17.8 Å². The van der Waals surface area contributed by atoms with Crippen LogP contribution < -0.4 is 14.7 Å². The number of anilines is 3. The first-order chi connectivity index (χ1) is 18.4. The maximum absolute atomic E-state index is 13.8. The van der Waals surface area contributed by atoms with Gasteiger partial charge in [-0.15, -0.1) is 0 Å². The largest absolute Gasteiger partial charge is 0.368 e. The highest BCUT2D eigenvalue weighted by molar-refractivity contribution is 5.97. The van der Waals surface area contributed by atoms with Crippen LogP contribution in [0.25, 0.3) is 0 Å². The Kier molecular flexibility index (Phi) is 7.19. The number of aryl methyl sites for hydroxylation is 2. The fourth-order valence-corrected chi connectivity index (χ4v) is 5.62. The van der Waals surface area contributed by atoms with Gasteiger partial charge in [-0.1, -0.05) is 18.2 Å². The van der Waals surface area contributed by atoms with Gasteiger partial charge in [0, 0.05) is 63.1 Å². The molecule has 2 aliphatic heterocycles. The molecule has 0 N–H and O–H groups in total. The molecular formula is C30H33FN6O. The van der Waals surface area contributed by atoms with Crippen LogP contribution in [0.15, 0.2) is 54.7 Å². The molecule has 1 atom stereocenters. The van der Waals surface area contributed by atoms with Crippen molar-refractivity contribution in [2.45, 2.75) is 26.8 Å². The smallest absolute Gasteiger partial charge is 0.254 e. The van der Waals surface area contributed by atoms with Gasteiger partial charge >= 0.3 is 0 Å². The van der Waals surface area contributed by atoms with E-state index in [0.717, 1.165) is 60.1 Å². The highest BCUT2D eigenvalue weighted by Gasteiger charge is 2.30. The third kappa shape index (κ3) is 5.01. The zero-order valence-electron chi connectivity index (χ0n) is 22.2. The molecule has 0 radical (unpaired) electrons. The zero-order chi connectivity index (χ0) is 26.8. The summed E-state index contributed by atoms with van der Waals surface area (Å²) in [6.45, 7) is 11.3. The molecule has 0 unspecified atom stereocenters. The summed E-state index contributed by atoms with van der Waals surface area (Å²) in [5.74, 6) is 0.426. The maximum Gasteiger partial charge on any atom is 0.254 e. The molecule has 5 rings (SSSR count). The highest BCUT2D eigenvalue weighted by atomic mass is 19.1. The van der Waals surface area contributed by atoms with Crippen LogP contribution in [0.2, 0.25) is 0 Å². The molecule has 3 aromatic rings. The van der Waals surface area contributed by atoms with Crippen molar-refractivity contribution < 1.29 is 9.18 Å². The zero-order valence-corrected chi connectivity index (χ0v) is 22.2. The Morgan fingerprint density at radius 1 is 0.921 bits per heavy atom. The molecule has 2 aromatic carbocycles. The summed E-state index contributed by atoms with van der Waals surface area (Å²) in [6, 6.07) is 17.3. The third-order valence-electron chi connectivity index (χ3n) is 7.68. The number of halogens is 1. The second kappa shape index (κ2) is 10.7. The van der Waals surface area contributed by atoms with Crippen molar-refractivity contribution in [1.82, 2.24) is 9.88 Å². The van der Waals surface area contributed by atoms with Crippen molar-refractivity contribution in [3.63, 3.8) is 0 Å². The van der Waals surface area contributed by atoms with Gasteiger partial charge in [-0.05, 0) is 62.2 Å². The lowest BCUT2D eigenvalue weighted by atomic mass is 10.00. The van der Waals surface area contributed by atoms with Gasteiger partial charge in [-0.3, -0.25) is 4.79 Å². The van der Waals surface area contributed by atoms with E-state index in [2.05, 4.69) is 51.7 Å². The Morgan fingerprint density at radius 2 is 1.61 bits per heavy atom. The van der Waals surface area contributed by atoms with Crippen molar-refractivity contribution >= 4 is 23.1 Å². The summed E-state index contributed by atoms with van der Waals surface area (Å²) >= 11 is 0. The minimum absolute atomic E-state index is 0.00370. The minimum Gasteiger partial charge on any atom is -0.368 e. The number of nitriles is 1. The lowest BCUT2D eigenvalue weighted by Gasteiger charge is -2.41. The number of hydrogen-bond donors (Lipinski definition) is 0. The molecule has 0 spiro atoms. The van der Waals surface area contributed by atoms with E-state index in [1.807, 2.05) is 36.1 Å². The standard InChI is InChI=1S/C30H33FN6O/c1-21-16-22(2)28(35-12-10-34(11-13-35)27-7-5-4-6-24(27)18-32)17-26(21)30(38)37-15-14-36(20-23(37)3)29-9-8-25(31)19-33-29/h4-9,16-17,19,23H,10-15,20H2,1-3H3/t23-/m1/s1.